The number of fused-ring (bicyclic) bond motifs is 1. The maximum Gasteiger partial charge on any atom is 0.416 e. The van der Waals surface area contributed by atoms with Crippen LogP contribution in [0, 0.1) is 11.8 Å². The lowest BCUT2D eigenvalue weighted by Crippen LogP contribution is -2.41. The van der Waals surface area contributed by atoms with Crippen LogP contribution in [0.15, 0.2) is 29.6 Å². The maximum absolute atomic E-state index is 12.7. The van der Waals surface area contributed by atoms with Gasteiger partial charge in [0, 0.05) is 24.0 Å². The van der Waals surface area contributed by atoms with Gasteiger partial charge in [-0.05, 0) is 43.4 Å². The van der Waals surface area contributed by atoms with E-state index in [1.54, 1.807) is 0 Å². The van der Waals surface area contributed by atoms with E-state index >= 15 is 0 Å². The molecule has 0 radical (unpaired) electrons. The van der Waals surface area contributed by atoms with Gasteiger partial charge in [0.1, 0.15) is 5.01 Å². The summed E-state index contributed by atoms with van der Waals surface area (Å²) in [6.07, 6.45) is 2.51. The Morgan fingerprint density at radius 1 is 1.04 bits per heavy atom. The Bertz CT molecular complexity index is 738. The van der Waals surface area contributed by atoms with Gasteiger partial charge in [-0.2, -0.15) is 13.2 Å². The van der Waals surface area contributed by atoms with Crippen LogP contribution in [-0.2, 0) is 12.7 Å². The van der Waals surface area contributed by atoms with Gasteiger partial charge < -0.3 is 0 Å². The Labute approximate surface area is 156 Å². The number of hydrogen-bond acceptors (Lipinski definition) is 3. The first-order chi connectivity index (χ1) is 12.5. The lowest BCUT2D eigenvalue weighted by Gasteiger charge is -2.41. The highest BCUT2D eigenvalue weighted by molar-refractivity contribution is 7.13. The fourth-order valence-corrected chi connectivity index (χ4v) is 5.18. The summed E-state index contributed by atoms with van der Waals surface area (Å²) in [5.74, 6) is 1.75. The standard InChI is InChI=1S/C20H23F3N2S/c21-20(22,23)17-7-5-15(6-8-17)19-24-18(13-26-19)12-25-10-9-14-3-1-2-4-16(14)11-25/h5-8,13-14,16H,1-4,9-12H2/t14-,16+/m0/s1. The molecule has 2 heterocycles. The number of alkyl halides is 3. The molecule has 1 aromatic heterocycles. The van der Waals surface area contributed by atoms with Gasteiger partial charge in [-0.15, -0.1) is 11.3 Å². The fourth-order valence-electron chi connectivity index (χ4n) is 4.36. The Morgan fingerprint density at radius 3 is 2.50 bits per heavy atom. The van der Waals surface area contributed by atoms with E-state index in [-0.39, 0.29) is 0 Å². The zero-order chi connectivity index (χ0) is 18.1. The molecule has 0 N–H and O–H groups in total. The van der Waals surface area contributed by atoms with E-state index in [0.717, 1.165) is 59.9 Å². The molecule has 1 aliphatic heterocycles. The zero-order valence-corrected chi connectivity index (χ0v) is 15.5. The number of halogens is 3. The van der Waals surface area contributed by atoms with Crippen LogP contribution >= 0.6 is 11.3 Å². The van der Waals surface area contributed by atoms with Crippen LogP contribution < -0.4 is 0 Å². The fraction of sp³-hybridized carbons (Fsp3) is 0.550. The molecule has 0 spiro atoms. The molecular formula is C20H23F3N2S. The van der Waals surface area contributed by atoms with Crippen molar-refractivity contribution in [2.75, 3.05) is 13.1 Å². The van der Waals surface area contributed by atoms with Crippen LogP contribution in [-0.4, -0.2) is 23.0 Å². The van der Waals surface area contributed by atoms with Gasteiger partial charge in [-0.1, -0.05) is 31.4 Å². The van der Waals surface area contributed by atoms with Crippen LogP contribution in [0.25, 0.3) is 10.6 Å². The number of rotatable bonds is 3. The van der Waals surface area contributed by atoms with Crippen molar-refractivity contribution in [3.8, 4) is 10.6 Å². The normalized spacial score (nSPS) is 24.4. The summed E-state index contributed by atoms with van der Waals surface area (Å²) < 4.78 is 38.1. The lowest BCUT2D eigenvalue weighted by molar-refractivity contribution is -0.137. The van der Waals surface area contributed by atoms with E-state index in [1.165, 1.54) is 55.6 Å². The number of likely N-dealkylation sites (tertiary alicyclic amines) is 1. The average molecular weight is 380 g/mol. The third-order valence-corrected chi connectivity index (χ3v) is 6.71. The minimum Gasteiger partial charge on any atom is -0.297 e. The predicted molar refractivity (Wildman–Crippen MR) is 97.9 cm³/mol. The van der Waals surface area contributed by atoms with Crippen LogP contribution in [0.5, 0.6) is 0 Å². The van der Waals surface area contributed by atoms with E-state index in [9.17, 15) is 13.2 Å². The molecule has 2 aromatic rings. The molecular weight excluding hydrogens is 357 g/mol. The highest BCUT2D eigenvalue weighted by Crippen LogP contribution is 2.37. The molecule has 1 saturated carbocycles. The highest BCUT2D eigenvalue weighted by Gasteiger charge is 2.31. The molecule has 2 nitrogen and oxygen atoms in total. The smallest absolute Gasteiger partial charge is 0.297 e. The molecule has 1 saturated heterocycles. The van der Waals surface area contributed by atoms with Crippen molar-refractivity contribution in [2.24, 2.45) is 11.8 Å². The van der Waals surface area contributed by atoms with E-state index < -0.39 is 11.7 Å². The quantitative estimate of drug-likeness (QED) is 0.665. The second kappa shape index (κ2) is 7.31. The summed E-state index contributed by atoms with van der Waals surface area (Å²) in [6, 6.07) is 5.28. The van der Waals surface area contributed by atoms with Crippen molar-refractivity contribution in [2.45, 2.75) is 44.8 Å². The molecule has 0 bridgehead atoms. The molecule has 2 atom stereocenters. The van der Waals surface area contributed by atoms with Gasteiger partial charge in [-0.25, -0.2) is 4.98 Å². The van der Waals surface area contributed by atoms with E-state index in [4.69, 9.17) is 0 Å². The number of piperidine rings is 1. The summed E-state index contributed by atoms with van der Waals surface area (Å²) >= 11 is 1.51. The highest BCUT2D eigenvalue weighted by atomic mass is 32.1. The zero-order valence-electron chi connectivity index (χ0n) is 14.6. The van der Waals surface area contributed by atoms with Gasteiger partial charge in [-0.3, -0.25) is 4.90 Å². The molecule has 4 rings (SSSR count). The molecule has 6 heteroatoms. The van der Waals surface area contributed by atoms with Crippen molar-refractivity contribution < 1.29 is 13.2 Å². The second-order valence-electron chi connectivity index (χ2n) is 7.55. The van der Waals surface area contributed by atoms with Crippen molar-refractivity contribution in [1.29, 1.82) is 0 Å². The van der Waals surface area contributed by atoms with E-state index in [2.05, 4.69) is 9.88 Å². The summed E-state index contributed by atoms with van der Waals surface area (Å²) in [4.78, 5) is 7.16. The molecule has 0 amide bonds. The Morgan fingerprint density at radius 2 is 1.77 bits per heavy atom. The monoisotopic (exact) mass is 380 g/mol. The van der Waals surface area contributed by atoms with Crippen LogP contribution in [0.1, 0.15) is 43.4 Å². The Balaban J connectivity index is 1.40. The second-order valence-corrected chi connectivity index (χ2v) is 8.41. The van der Waals surface area contributed by atoms with Crippen molar-refractivity contribution in [3.05, 3.63) is 40.9 Å². The van der Waals surface area contributed by atoms with Crippen molar-refractivity contribution in [1.82, 2.24) is 9.88 Å². The van der Waals surface area contributed by atoms with E-state index in [1.807, 2.05) is 5.38 Å². The largest absolute Gasteiger partial charge is 0.416 e. The third kappa shape index (κ3) is 3.96. The number of aromatic nitrogens is 1. The molecule has 1 aliphatic carbocycles. The van der Waals surface area contributed by atoms with E-state index in [0.29, 0.717) is 0 Å². The predicted octanol–water partition coefficient (Wildman–Crippen LogP) is 5.84. The third-order valence-electron chi connectivity index (χ3n) is 5.77. The van der Waals surface area contributed by atoms with Crippen LogP contribution in [0.3, 0.4) is 0 Å². The van der Waals surface area contributed by atoms with Gasteiger partial charge in [0.15, 0.2) is 0 Å². The molecule has 0 unspecified atom stereocenters. The van der Waals surface area contributed by atoms with Crippen molar-refractivity contribution >= 4 is 11.3 Å². The van der Waals surface area contributed by atoms with Gasteiger partial charge >= 0.3 is 6.18 Å². The topological polar surface area (TPSA) is 16.1 Å². The molecule has 140 valence electrons. The van der Waals surface area contributed by atoms with Gasteiger partial charge in [0.2, 0.25) is 0 Å². The molecule has 2 aliphatic rings. The number of hydrogen-bond donors (Lipinski definition) is 0. The number of thiazole rings is 1. The molecule has 2 fully saturated rings. The number of benzene rings is 1. The van der Waals surface area contributed by atoms with Crippen molar-refractivity contribution in [3.63, 3.8) is 0 Å². The Kier molecular flexibility index (Phi) is 5.06. The van der Waals surface area contributed by atoms with Gasteiger partial charge in [0.25, 0.3) is 0 Å². The Hall–Kier alpha value is -1.40. The van der Waals surface area contributed by atoms with Crippen LogP contribution in [0.4, 0.5) is 13.2 Å². The average Bonchev–Trinajstić information content (AvgIpc) is 3.09. The molecule has 1 aromatic carbocycles. The summed E-state index contributed by atoms with van der Waals surface area (Å²) in [7, 11) is 0. The minimum absolute atomic E-state index is 0.617. The first-order valence-electron chi connectivity index (χ1n) is 9.33. The summed E-state index contributed by atoms with van der Waals surface area (Å²) in [5, 5.41) is 2.83. The van der Waals surface area contributed by atoms with Gasteiger partial charge in [0.05, 0.1) is 11.3 Å². The first kappa shape index (κ1) is 18.0. The lowest BCUT2D eigenvalue weighted by atomic mass is 9.75. The summed E-state index contributed by atoms with van der Waals surface area (Å²) in [6.45, 7) is 3.15. The first-order valence-corrected chi connectivity index (χ1v) is 10.2. The molecule has 26 heavy (non-hydrogen) atoms. The number of nitrogens with zero attached hydrogens (tertiary/aromatic N) is 2. The maximum atomic E-state index is 12.7. The minimum atomic E-state index is -4.29. The summed E-state index contributed by atoms with van der Waals surface area (Å²) in [5.41, 5.74) is 1.16. The SMILES string of the molecule is FC(F)(F)c1ccc(-c2nc(CN3CC[C@@H]4CCCC[C@@H]4C3)cs2)cc1. The van der Waals surface area contributed by atoms with Crippen LogP contribution in [0.2, 0.25) is 0 Å².